The lowest BCUT2D eigenvalue weighted by atomic mass is 10.0. The van der Waals surface area contributed by atoms with E-state index >= 15 is 0 Å². The van der Waals surface area contributed by atoms with Crippen LogP contribution in [-0.2, 0) is 17.6 Å². The van der Waals surface area contributed by atoms with E-state index in [-0.39, 0.29) is 5.56 Å². The van der Waals surface area contributed by atoms with Crippen molar-refractivity contribution in [2.24, 2.45) is 29.6 Å². The first-order chi connectivity index (χ1) is 11.1. The van der Waals surface area contributed by atoms with Gasteiger partial charge in [0.05, 0.1) is 5.69 Å². The fourth-order valence-corrected chi connectivity index (χ4v) is 5.82. The number of hydrogen-bond acceptors (Lipinski definition) is 3. The van der Waals surface area contributed by atoms with Crippen LogP contribution in [0.5, 0.6) is 0 Å². The van der Waals surface area contributed by atoms with E-state index < -0.39 is 0 Å². The fourth-order valence-electron chi connectivity index (χ4n) is 5.82. The van der Waals surface area contributed by atoms with E-state index in [1.54, 1.807) is 0 Å². The predicted molar refractivity (Wildman–Crippen MR) is 84.9 cm³/mol. The number of hydrogen-bond donors (Lipinski definition) is 1. The highest BCUT2D eigenvalue weighted by Gasteiger charge is 2.67. The summed E-state index contributed by atoms with van der Waals surface area (Å²) < 4.78 is 0. The maximum absolute atomic E-state index is 13.0. The van der Waals surface area contributed by atoms with Crippen LogP contribution in [0.1, 0.15) is 36.3 Å². The quantitative estimate of drug-likeness (QED) is 0.850. The van der Waals surface area contributed by atoms with Crippen LogP contribution in [-0.4, -0.2) is 33.9 Å². The van der Waals surface area contributed by atoms with Crippen molar-refractivity contribution >= 4 is 5.91 Å². The van der Waals surface area contributed by atoms with Crippen LogP contribution in [0.2, 0.25) is 0 Å². The number of nitrogens with one attached hydrogen (secondary N) is 1. The third-order valence-corrected chi connectivity index (χ3v) is 6.80. The summed E-state index contributed by atoms with van der Waals surface area (Å²) in [5.41, 5.74) is 1.64. The lowest BCUT2D eigenvalue weighted by Gasteiger charge is -2.22. The lowest BCUT2D eigenvalue weighted by molar-refractivity contribution is -0.133. The summed E-state index contributed by atoms with van der Waals surface area (Å²) in [6.45, 7) is 3.20. The molecule has 1 N–H and O–H groups in total. The number of carbonyl (C=O) groups excluding carboxylic acids is 1. The monoisotopic (exact) mass is 313 g/mol. The topological polar surface area (TPSA) is 66.1 Å². The number of aryl methyl sites for hydroxylation is 1. The van der Waals surface area contributed by atoms with Gasteiger partial charge < -0.3 is 9.88 Å². The second-order valence-electron chi connectivity index (χ2n) is 7.92. The van der Waals surface area contributed by atoms with Gasteiger partial charge in [0.1, 0.15) is 5.82 Å². The summed E-state index contributed by atoms with van der Waals surface area (Å²) in [5, 5.41) is 0. The average molecular weight is 313 g/mol. The molecule has 0 saturated heterocycles. The second-order valence-corrected chi connectivity index (χ2v) is 7.92. The van der Waals surface area contributed by atoms with E-state index in [1.807, 2.05) is 11.8 Å². The fraction of sp³-hybridized carbons (Fsp3) is 0.722. The normalized spacial score (nSPS) is 37.3. The highest BCUT2D eigenvalue weighted by atomic mass is 16.2. The van der Waals surface area contributed by atoms with Crippen molar-refractivity contribution in [1.82, 2.24) is 14.9 Å². The zero-order chi connectivity index (χ0) is 15.7. The SMILES string of the molecule is Cc1nc2c(c(=O)[nH]1)CCN(C(=O)C1C3C4CCC(C4)C13)CC2. The van der Waals surface area contributed by atoms with Gasteiger partial charge in [0.2, 0.25) is 5.91 Å². The Bertz CT molecular complexity index is 724. The minimum atomic E-state index is -0.0249. The molecule has 1 aromatic rings. The molecule has 5 rings (SSSR count). The number of aromatic nitrogens is 2. The Morgan fingerprint density at radius 2 is 1.87 bits per heavy atom. The van der Waals surface area contributed by atoms with Gasteiger partial charge in [-0.1, -0.05) is 0 Å². The van der Waals surface area contributed by atoms with E-state index in [2.05, 4.69) is 9.97 Å². The Labute approximate surface area is 135 Å². The van der Waals surface area contributed by atoms with Gasteiger partial charge in [0.15, 0.2) is 0 Å². The van der Waals surface area contributed by atoms with Crippen LogP contribution < -0.4 is 5.56 Å². The van der Waals surface area contributed by atoms with Gasteiger partial charge in [-0.3, -0.25) is 9.59 Å². The van der Waals surface area contributed by atoms with E-state index in [1.165, 1.54) is 19.3 Å². The maximum Gasteiger partial charge on any atom is 0.254 e. The molecule has 1 aromatic heterocycles. The first-order valence-corrected chi connectivity index (χ1v) is 9.01. The molecule has 3 fully saturated rings. The number of H-pyrrole nitrogens is 1. The predicted octanol–water partition coefficient (Wildman–Crippen LogP) is 1.30. The molecule has 4 aliphatic rings. The van der Waals surface area contributed by atoms with Crippen molar-refractivity contribution in [1.29, 1.82) is 0 Å². The molecule has 5 heteroatoms. The summed E-state index contributed by atoms with van der Waals surface area (Å²) in [6.07, 6.45) is 5.42. The molecule has 4 atom stereocenters. The molecule has 1 amide bonds. The Morgan fingerprint density at radius 1 is 1.17 bits per heavy atom. The van der Waals surface area contributed by atoms with Gasteiger partial charge in [-0.05, 0) is 56.3 Å². The number of nitrogens with zero attached hydrogens (tertiary/aromatic N) is 2. The molecule has 122 valence electrons. The first kappa shape index (κ1) is 13.8. The molecule has 2 bridgehead atoms. The highest BCUT2D eigenvalue weighted by Crippen LogP contribution is 2.69. The number of aromatic amines is 1. The molecule has 1 aliphatic heterocycles. The van der Waals surface area contributed by atoms with Gasteiger partial charge >= 0.3 is 0 Å². The number of rotatable bonds is 1. The van der Waals surface area contributed by atoms with Crippen LogP contribution in [0, 0.1) is 36.5 Å². The van der Waals surface area contributed by atoms with Crippen LogP contribution in [0.3, 0.4) is 0 Å². The minimum Gasteiger partial charge on any atom is -0.342 e. The van der Waals surface area contributed by atoms with Crippen LogP contribution >= 0.6 is 0 Å². The third kappa shape index (κ3) is 1.95. The van der Waals surface area contributed by atoms with Crippen molar-refractivity contribution < 1.29 is 4.79 Å². The summed E-state index contributed by atoms with van der Waals surface area (Å²) in [7, 11) is 0. The Kier molecular flexibility index (Phi) is 2.80. The molecule has 2 heterocycles. The molecule has 3 aliphatic carbocycles. The molecule has 5 nitrogen and oxygen atoms in total. The molecule has 0 spiro atoms. The van der Waals surface area contributed by atoms with Gasteiger partial charge in [0, 0.05) is 31.0 Å². The zero-order valence-corrected chi connectivity index (χ0v) is 13.5. The number of fused-ring (bicyclic) bond motifs is 6. The third-order valence-electron chi connectivity index (χ3n) is 6.80. The molecule has 0 radical (unpaired) electrons. The Hall–Kier alpha value is -1.65. The molecule has 4 unspecified atom stereocenters. The van der Waals surface area contributed by atoms with E-state index in [4.69, 9.17) is 0 Å². The smallest absolute Gasteiger partial charge is 0.254 e. The standard InChI is InChI=1S/C18H23N3O2/c1-9-19-13-5-7-21(6-4-12(13)17(22)20-9)18(23)16-14-10-2-3-11(8-10)15(14)16/h10-11,14-16H,2-8H2,1H3,(H,19,20,22). The van der Waals surface area contributed by atoms with Gasteiger partial charge in [0.25, 0.3) is 5.56 Å². The molecule has 23 heavy (non-hydrogen) atoms. The summed E-state index contributed by atoms with van der Waals surface area (Å²) in [6, 6.07) is 0. The lowest BCUT2D eigenvalue weighted by Crippen LogP contribution is -2.36. The second kappa shape index (κ2) is 4.68. The van der Waals surface area contributed by atoms with Crippen molar-refractivity contribution in [3.63, 3.8) is 0 Å². The van der Waals surface area contributed by atoms with E-state index in [0.717, 1.165) is 23.1 Å². The first-order valence-electron chi connectivity index (χ1n) is 9.01. The Balaban J connectivity index is 1.33. The molecule has 3 saturated carbocycles. The maximum atomic E-state index is 13.0. The van der Waals surface area contributed by atoms with Gasteiger partial charge in [-0.2, -0.15) is 0 Å². The highest BCUT2D eigenvalue weighted by molar-refractivity contribution is 5.83. The Morgan fingerprint density at radius 3 is 2.61 bits per heavy atom. The number of carbonyl (C=O) groups is 1. The summed E-state index contributed by atoms with van der Waals surface area (Å²) >= 11 is 0. The summed E-state index contributed by atoms with van der Waals surface area (Å²) in [5.74, 6) is 4.37. The van der Waals surface area contributed by atoms with Gasteiger partial charge in [-0.25, -0.2) is 4.98 Å². The molecular formula is C18H23N3O2. The largest absolute Gasteiger partial charge is 0.342 e. The van der Waals surface area contributed by atoms with E-state index in [9.17, 15) is 9.59 Å². The van der Waals surface area contributed by atoms with E-state index in [0.29, 0.717) is 55.4 Å². The minimum absolute atomic E-state index is 0.0249. The zero-order valence-electron chi connectivity index (χ0n) is 13.5. The van der Waals surface area contributed by atoms with Crippen molar-refractivity contribution in [2.75, 3.05) is 13.1 Å². The van der Waals surface area contributed by atoms with Crippen molar-refractivity contribution in [3.05, 3.63) is 27.4 Å². The van der Waals surface area contributed by atoms with Crippen molar-refractivity contribution in [2.45, 2.75) is 39.0 Å². The molecule has 0 aromatic carbocycles. The molecular weight excluding hydrogens is 290 g/mol. The van der Waals surface area contributed by atoms with Crippen LogP contribution in [0.4, 0.5) is 0 Å². The average Bonchev–Trinajstić information content (AvgIpc) is 3.06. The van der Waals surface area contributed by atoms with Crippen LogP contribution in [0.15, 0.2) is 4.79 Å². The summed E-state index contributed by atoms with van der Waals surface area (Å²) in [4.78, 5) is 34.4. The number of amides is 1. The van der Waals surface area contributed by atoms with Crippen molar-refractivity contribution in [3.8, 4) is 0 Å². The van der Waals surface area contributed by atoms with Gasteiger partial charge in [-0.15, -0.1) is 0 Å². The van der Waals surface area contributed by atoms with Crippen LogP contribution in [0.25, 0.3) is 0 Å².